The van der Waals surface area contributed by atoms with Gasteiger partial charge in [-0.2, -0.15) is 5.26 Å². The maximum Gasteiger partial charge on any atom is 0.313 e. The number of ether oxygens (including phenoxy) is 2. The SMILES string of the molecule is CC(C)OC(=O)CC(=O)C(C)C1Oc2ccccc2C(=O)C1C#N. The lowest BCUT2D eigenvalue weighted by Gasteiger charge is -2.32. The lowest BCUT2D eigenvalue weighted by Crippen LogP contribution is -2.44. The summed E-state index contributed by atoms with van der Waals surface area (Å²) in [5, 5.41) is 9.34. The Bertz CT molecular complexity index is 704. The number of ketones is 2. The minimum atomic E-state index is -1.08. The Balaban J connectivity index is 2.18. The van der Waals surface area contributed by atoms with E-state index >= 15 is 0 Å². The van der Waals surface area contributed by atoms with Crippen molar-refractivity contribution in [2.24, 2.45) is 11.8 Å². The van der Waals surface area contributed by atoms with Crippen molar-refractivity contribution in [3.8, 4) is 11.8 Å². The molecule has 0 saturated carbocycles. The lowest BCUT2D eigenvalue weighted by atomic mass is 9.82. The molecular weight excluding hydrogens is 310 g/mol. The molecule has 0 aromatic heterocycles. The van der Waals surface area contributed by atoms with E-state index in [4.69, 9.17) is 9.47 Å². The number of fused-ring (bicyclic) bond motifs is 1. The van der Waals surface area contributed by atoms with Crippen LogP contribution in [0.5, 0.6) is 5.75 Å². The first-order valence-electron chi connectivity index (χ1n) is 7.76. The predicted molar refractivity (Wildman–Crippen MR) is 84.3 cm³/mol. The second-order valence-electron chi connectivity index (χ2n) is 6.02. The zero-order valence-corrected chi connectivity index (χ0v) is 13.8. The normalized spacial score (nSPS) is 20.5. The lowest BCUT2D eigenvalue weighted by molar-refractivity contribution is -0.150. The Kier molecular flexibility index (Phi) is 5.35. The number of nitriles is 1. The number of hydrogen-bond donors (Lipinski definition) is 0. The highest BCUT2D eigenvalue weighted by Gasteiger charge is 2.42. The summed E-state index contributed by atoms with van der Waals surface area (Å²) in [6, 6.07) is 8.53. The van der Waals surface area contributed by atoms with Gasteiger partial charge in [0.1, 0.15) is 24.2 Å². The maximum atomic E-state index is 12.4. The van der Waals surface area contributed by atoms with E-state index in [1.165, 1.54) is 0 Å². The van der Waals surface area contributed by atoms with Gasteiger partial charge in [0.2, 0.25) is 0 Å². The monoisotopic (exact) mass is 329 g/mol. The smallest absolute Gasteiger partial charge is 0.313 e. The van der Waals surface area contributed by atoms with Gasteiger partial charge in [-0.15, -0.1) is 0 Å². The quantitative estimate of drug-likeness (QED) is 0.608. The molecule has 0 fully saturated rings. The molecule has 3 atom stereocenters. The number of carbonyl (C=O) groups is 3. The van der Waals surface area contributed by atoms with Gasteiger partial charge in [0.05, 0.1) is 23.7 Å². The van der Waals surface area contributed by atoms with Crippen LogP contribution in [0.3, 0.4) is 0 Å². The van der Waals surface area contributed by atoms with E-state index in [0.717, 1.165) is 0 Å². The van der Waals surface area contributed by atoms with E-state index in [1.54, 1.807) is 45.0 Å². The highest BCUT2D eigenvalue weighted by Crippen LogP contribution is 2.34. The molecule has 24 heavy (non-hydrogen) atoms. The predicted octanol–water partition coefficient (Wildman–Crippen LogP) is 2.32. The first-order chi connectivity index (χ1) is 11.3. The first kappa shape index (κ1) is 17.7. The topological polar surface area (TPSA) is 93.5 Å². The summed E-state index contributed by atoms with van der Waals surface area (Å²) in [7, 11) is 0. The van der Waals surface area contributed by atoms with Crippen molar-refractivity contribution in [1.29, 1.82) is 5.26 Å². The number of benzene rings is 1. The zero-order valence-electron chi connectivity index (χ0n) is 13.8. The molecule has 1 aromatic carbocycles. The van der Waals surface area contributed by atoms with Crippen LogP contribution in [0.1, 0.15) is 37.6 Å². The molecule has 0 spiro atoms. The molecule has 1 aromatic rings. The molecule has 0 saturated heterocycles. The van der Waals surface area contributed by atoms with Crippen LogP contribution in [0.15, 0.2) is 24.3 Å². The average molecular weight is 329 g/mol. The number of rotatable bonds is 5. The Labute approximate surface area is 140 Å². The minimum absolute atomic E-state index is 0.313. The molecule has 2 rings (SSSR count). The van der Waals surface area contributed by atoms with E-state index in [0.29, 0.717) is 11.3 Å². The fourth-order valence-electron chi connectivity index (χ4n) is 2.62. The summed E-state index contributed by atoms with van der Waals surface area (Å²) >= 11 is 0. The summed E-state index contributed by atoms with van der Waals surface area (Å²) in [6.07, 6.45) is -1.64. The molecule has 0 bridgehead atoms. The molecule has 6 heteroatoms. The zero-order chi connectivity index (χ0) is 17.9. The number of para-hydroxylation sites is 1. The Morgan fingerprint density at radius 1 is 1.29 bits per heavy atom. The van der Waals surface area contributed by atoms with Gasteiger partial charge in [-0.05, 0) is 26.0 Å². The van der Waals surface area contributed by atoms with Crippen molar-refractivity contribution in [2.45, 2.75) is 39.4 Å². The van der Waals surface area contributed by atoms with Gasteiger partial charge in [0.25, 0.3) is 0 Å². The highest BCUT2D eigenvalue weighted by atomic mass is 16.5. The molecule has 0 amide bonds. The van der Waals surface area contributed by atoms with E-state index in [9.17, 15) is 19.6 Å². The van der Waals surface area contributed by atoms with E-state index in [1.807, 2.05) is 6.07 Å². The van der Waals surface area contributed by atoms with Gasteiger partial charge in [-0.3, -0.25) is 14.4 Å². The molecule has 6 nitrogen and oxygen atoms in total. The molecule has 0 aliphatic carbocycles. The maximum absolute atomic E-state index is 12.4. The van der Waals surface area contributed by atoms with Gasteiger partial charge in [0.15, 0.2) is 11.6 Å². The summed E-state index contributed by atoms with van der Waals surface area (Å²) in [5.41, 5.74) is 0.333. The van der Waals surface area contributed by atoms with Crippen LogP contribution in [-0.2, 0) is 14.3 Å². The van der Waals surface area contributed by atoms with Crippen LogP contribution < -0.4 is 4.74 Å². The number of carbonyl (C=O) groups excluding carboxylic acids is 3. The van der Waals surface area contributed by atoms with Crippen LogP contribution in [0, 0.1) is 23.2 Å². The number of hydrogen-bond acceptors (Lipinski definition) is 6. The average Bonchev–Trinajstić information content (AvgIpc) is 2.53. The van der Waals surface area contributed by atoms with Crippen molar-refractivity contribution >= 4 is 17.5 Å². The van der Waals surface area contributed by atoms with Crippen LogP contribution in [0.2, 0.25) is 0 Å². The van der Waals surface area contributed by atoms with Crippen molar-refractivity contribution < 1.29 is 23.9 Å². The van der Waals surface area contributed by atoms with Gasteiger partial charge in [0, 0.05) is 0 Å². The van der Waals surface area contributed by atoms with Crippen LogP contribution in [-0.4, -0.2) is 29.7 Å². The van der Waals surface area contributed by atoms with Crippen molar-refractivity contribution in [3.63, 3.8) is 0 Å². The first-order valence-corrected chi connectivity index (χ1v) is 7.76. The highest BCUT2D eigenvalue weighted by molar-refractivity contribution is 6.04. The molecule has 126 valence electrons. The van der Waals surface area contributed by atoms with E-state index in [-0.39, 0.29) is 11.9 Å². The molecule has 1 heterocycles. The van der Waals surface area contributed by atoms with Crippen molar-refractivity contribution in [3.05, 3.63) is 29.8 Å². The standard InChI is InChI=1S/C18H19NO5/c1-10(2)23-16(21)8-14(20)11(3)18-13(9-19)17(22)12-6-4-5-7-15(12)24-18/h4-7,10-11,13,18H,8H2,1-3H3. The second-order valence-corrected chi connectivity index (χ2v) is 6.02. The molecule has 1 aliphatic heterocycles. The third-order valence-electron chi connectivity index (χ3n) is 3.85. The van der Waals surface area contributed by atoms with Crippen LogP contribution in [0.4, 0.5) is 0 Å². The number of esters is 1. The third-order valence-corrected chi connectivity index (χ3v) is 3.85. The van der Waals surface area contributed by atoms with Crippen molar-refractivity contribution in [2.75, 3.05) is 0 Å². The number of Topliss-reactive ketones (excluding diaryl/α,β-unsaturated/α-hetero) is 2. The summed E-state index contributed by atoms with van der Waals surface area (Å²) in [5.74, 6) is -2.93. The van der Waals surface area contributed by atoms with E-state index < -0.39 is 36.1 Å². The fraction of sp³-hybridized carbons (Fsp3) is 0.444. The fourth-order valence-corrected chi connectivity index (χ4v) is 2.62. The largest absolute Gasteiger partial charge is 0.487 e. The minimum Gasteiger partial charge on any atom is -0.487 e. The third kappa shape index (κ3) is 3.62. The van der Waals surface area contributed by atoms with Crippen molar-refractivity contribution in [1.82, 2.24) is 0 Å². The van der Waals surface area contributed by atoms with Gasteiger partial charge in [-0.1, -0.05) is 19.1 Å². The summed E-state index contributed by atoms with van der Waals surface area (Å²) in [6.45, 7) is 4.94. The van der Waals surface area contributed by atoms with Crippen LogP contribution in [0.25, 0.3) is 0 Å². The van der Waals surface area contributed by atoms with Gasteiger partial charge < -0.3 is 9.47 Å². The van der Waals surface area contributed by atoms with Gasteiger partial charge in [-0.25, -0.2) is 0 Å². The Morgan fingerprint density at radius 3 is 2.58 bits per heavy atom. The second kappa shape index (κ2) is 7.26. The molecule has 0 N–H and O–H groups in total. The molecule has 1 aliphatic rings. The Morgan fingerprint density at radius 2 is 1.96 bits per heavy atom. The summed E-state index contributed by atoms with van der Waals surface area (Å²) in [4.78, 5) is 36.4. The van der Waals surface area contributed by atoms with E-state index in [2.05, 4.69) is 0 Å². The van der Waals surface area contributed by atoms with Crippen LogP contribution >= 0.6 is 0 Å². The molecule has 0 radical (unpaired) electrons. The molecular formula is C18H19NO5. The molecule has 3 unspecified atom stereocenters. The Hall–Kier alpha value is -2.68. The van der Waals surface area contributed by atoms with Gasteiger partial charge >= 0.3 is 5.97 Å². The number of nitrogens with zero attached hydrogens (tertiary/aromatic N) is 1. The summed E-state index contributed by atoms with van der Waals surface area (Å²) < 4.78 is 10.7.